The number of ketones is 1. The molecule has 0 aromatic heterocycles. The first-order valence-electron chi connectivity index (χ1n) is 9.53. The monoisotopic (exact) mass is 309 g/mol. The van der Waals surface area contributed by atoms with Crippen molar-refractivity contribution in [2.24, 2.45) is 39.5 Å². The fraction of sp³-hybridized carbons (Fsp3) is 0.714. The molecule has 0 saturated heterocycles. The van der Waals surface area contributed by atoms with Crippen molar-refractivity contribution < 1.29 is 4.79 Å². The van der Waals surface area contributed by atoms with Crippen molar-refractivity contribution >= 4 is 12.0 Å². The largest absolute Gasteiger partial charge is 0.294 e. The summed E-state index contributed by atoms with van der Waals surface area (Å²) in [6, 6.07) is 0.540. The third kappa shape index (κ3) is 1.65. The number of rotatable bonds is 0. The third-order valence-corrected chi connectivity index (χ3v) is 8.34. The van der Waals surface area contributed by atoms with Crippen molar-refractivity contribution in [2.45, 2.75) is 58.4 Å². The summed E-state index contributed by atoms with van der Waals surface area (Å²) in [6.45, 7) is 4.72. The van der Waals surface area contributed by atoms with Crippen LogP contribution in [-0.4, -0.2) is 18.0 Å². The van der Waals surface area contributed by atoms with E-state index in [0.29, 0.717) is 11.5 Å². The van der Waals surface area contributed by atoms with Gasteiger partial charge in [-0.05, 0) is 81.3 Å². The maximum Gasteiger partial charge on any atom is 0.178 e. The molecule has 122 valence electrons. The van der Waals surface area contributed by atoms with E-state index < -0.39 is 0 Å². The summed E-state index contributed by atoms with van der Waals surface area (Å²) in [4.78, 5) is 16.7. The van der Waals surface area contributed by atoms with Crippen LogP contribution in [-0.2, 0) is 4.79 Å². The summed E-state index contributed by atoms with van der Waals surface area (Å²) in [7, 11) is 0. The minimum Gasteiger partial charge on any atom is -0.294 e. The summed E-state index contributed by atoms with van der Waals surface area (Å²) in [5.41, 5.74) is 1.97. The molecule has 0 aromatic rings. The van der Waals surface area contributed by atoms with Gasteiger partial charge in [0.25, 0.3) is 0 Å². The highest BCUT2D eigenvalue weighted by atomic mass is 16.1. The second-order valence-corrected chi connectivity index (χ2v) is 8.96. The van der Waals surface area contributed by atoms with Crippen LogP contribution in [0.25, 0.3) is 0 Å². The van der Waals surface area contributed by atoms with Crippen molar-refractivity contribution in [1.29, 1.82) is 0 Å². The van der Waals surface area contributed by atoms with Gasteiger partial charge in [0, 0.05) is 17.0 Å². The summed E-state index contributed by atoms with van der Waals surface area (Å²) in [6.07, 6.45) is 16.2. The Bertz CT molecular complexity index is 659. The van der Waals surface area contributed by atoms with Gasteiger partial charge in [0.15, 0.2) is 5.78 Å². The van der Waals surface area contributed by atoms with E-state index in [1.54, 1.807) is 0 Å². The van der Waals surface area contributed by atoms with Crippen molar-refractivity contribution in [2.75, 3.05) is 0 Å². The molecule has 4 aliphatic carbocycles. The summed E-state index contributed by atoms with van der Waals surface area (Å²) < 4.78 is 0. The summed E-state index contributed by atoms with van der Waals surface area (Å²) >= 11 is 0. The van der Waals surface area contributed by atoms with Crippen LogP contribution in [0.3, 0.4) is 0 Å². The average molecular weight is 309 g/mol. The maximum absolute atomic E-state index is 11.8. The van der Waals surface area contributed by atoms with Gasteiger partial charge < -0.3 is 0 Å². The van der Waals surface area contributed by atoms with Crippen molar-refractivity contribution in [3.8, 4) is 0 Å². The Morgan fingerprint density at radius 2 is 1.96 bits per heavy atom. The molecular weight excluding hydrogens is 282 g/mol. The Labute approximate surface area is 139 Å². The molecule has 5 aliphatic rings. The highest BCUT2D eigenvalue weighted by Gasteiger charge is 2.61. The minimum atomic E-state index is 0.137. The van der Waals surface area contributed by atoms with Gasteiger partial charge in [-0.15, -0.1) is 0 Å². The van der Waals surface area contributed by atoms with Crippen molar-refractivity contribution in [3.63, 3.8) is 0 Å². The highest BCUT2D eigenvalue weighted by Crippen LogP contribution is 2.67. The predicted octanol–water partition coefficient (Wildman–Crippen LogP) is 4.36. The molecule has 0 unspecified atom stereocenters. The van der Waals surface area contributed by atoms with Crippen LogP contribution in [0.2, 0.25) is 0 Å². The molecule has 23 heavy (non-hydrogen) atoms. The van der Waals surface area contributed by atoms with Gasteiger partial charge in [-0.3, -0.25) is 9.79 Å². The van der Waals surface area contributed by atoms with E-state index in [2.05, 4.69) is 26.1 Å². The van der Waals surface area contributed by atoms with E-state index >= 15 is 0 Å². The first-order valence-corrected chi connectivity index (χ1v) is 9.53. The Kier molecular flexibility index (Phi) is 2.75. The van der Waals surface area contributed by atoms with Crippen LogP contribution in [0.5, 0.6) is 0 Å². The molecule has 1 aliphatic heterocycles. The number of allylic oxidation sites excluding steroid dienone is 4. The molecule has 0 radical (unpaired) electrons. The first-order chi connectivity index (χ1) is 11.0. The second-order valence-electron chi connectivity index (χ2n) is 8.96. The first kappa shape index (κ1) is 14.2. The lowest BCUT2D eigenvalue weighted by Crippen LogP contribution is -2.50. The number of fused-ring (bicyclic) bond motifs is 4. The fourth-order valence-electron chi connectivity index (χ4n) is 7.27. The van der Waals surface area contributed by atoms with E-state index in [0.717, 1.165) is 30.1 Å². The number of hydrogen-bond donors (Lipinski definition) is 0. The molecule has 5 rings (SSSR count). The molecule has 0 N–H and O–H groups in total. The van der Waals surface area contributed by atoms with E-state index in [4.69, 9.17) is 4.99 Å². The van der Waals surface area contributed by atoms with Gasteiger partial charge in [-0.1, -0.05) is 18.6 Å². The minimum absolute atomic E-state index is 0.137. The Balaban J connectivity index is 1.53. The Hall–Kier alpha value is -1.18. The van der Waals surface area contributed by atoms with Crippen LogP contribution >= 0.6 is 0 Å². The number of carbonyl (C=O) groups is 1. The lowest BCUT2D eigenvalue weighted by atomic mass is 9.47. The van der Waals surface area contributed by atoms with Crippen LogP contribution < -0.4 is 0 Å². The lowest BCUT2D eigenvalue weighted by Gasteiger charge is -2.56. The zero-order chi connectivity index (χ0) is 15.8. The fourth-order valence-corrected chi connectivity index (χ4v) is 7.27. The van der Waals surface area contributed by atoms with Crippen LogP contribution in [0.15, 0.2) is 28.8 Å². The van der Waals surface area contributed by atoms with Crippen LogP contribution in [0, 0.1) is 34.5 Å². The molecule has 0 aromatic carbocycles. The van der Waals surface area contributed by atoms with Crippen molar-refractivity contribution in [1.82, 2.24) is 0 Å². The number of carbonyl (C=O) groups excluding carboxylic acids is 1. The van der Waals surface area contributed by atoms with E-state index in [-0.39, 0.29) is 11.2 Å². The molecule has 0 amide bonds. The molecule has 2 heteroatoms. The molecule has 7 atom stereocenters. The van der Waals surface area contributed by atoms with Crippen molar-refractivity contribution in [3.05, 3.63) is 23.8 Å². The third-order valence-electron chi connectivity index (χ3n) is 8.34. The van der Waals surface area contributed by atoms with Crippen LogP contribution in [0.4, 0.5) is 0 Å². The highest BCUT2D eigenvalue weighted by molar-refractivity contribution is 6.01. The Morgan fingerprint density at radius 3 is 2.83 bits per heavy atom. The average Bonchev–Trinajstić information content (AvgIpc) is 3.06. The molecule has 2 nitrogen and oxygen atoms in total. The van der Waals surface area contributed by atoms with Gasteiger partial charge >= 0.3 is 0 Å². The van der Waals surface area contributed by atoms with Crippen LogP contribution in [0.1, 0.15) is 52.4 Å². The standard InChI is InChI=1S/C21H27NO/c1-13-17-5-6-19-16-4-3-14-11-15(23)7-9-20(14,2)18(16)8-10-21(17,19)12-22-13/h7,9,11-13,16-19H,3-6,8,10H2,1-2H3/t13-,16+,17+,18-,19-,20+,21-/m0/s1. The van der Waals surface area contributed by atoms with Gasteiger partial charge in [0.2, 0.25) is 0 Å². The zero-order valence-corrected chi connectivity index (χ0v) is 14.3. The molecule has 3 saturated carbocycles. The van der Waals surface area contributed by atoms with E-state index in [9.17, 15) is 4.79 Å². The SMILES string of the molecule is C[C@@H]1N=C[C@]23CC[C@H]4[C@@H](CCC5=CC(=O)C=C[C@]54C)[C@@H]2CC[C@H]13. The number of nitrogens with zero attached hydrogens (tertiary/aromatic N) is 1. The summed E-state index contributed by atoms with van der Waals surface area (Å²) in [5.74, 6) is 3.39. The second kappa shape index (κ2) is 4.46. The molecular formula is C21H27NO. The maximum atomic E-state index is 11.8. The molecule has 1 spiro atoms. The zero-order valence-electron chi connectivity index (χ0n) is 14.3. The normalized spacial score (nSPS) is 53.4. The predicted molar refractivity (Wildman–Crippen MR) is 92.4 cm³/mol. The van der Waals surface area contributed by atoms with E-state index in [1.807, 2.05) is 12.2 Å². The quantitative estimate of drug-likeness (QED) is 0.653. The molecule has 0 bridgehead atoms. The summed E-state index contributed by atoms with van der Waals surface area (Å²) in [5, 5.41) is 0. The molecule has 1 heterocycles. The smallest absolute Gasteiger partial charge is 0.178 e. The van der Waals surface area contributed by atoms with Gasteiger partial charge in [0.1, 0.15) is 0 Å². The lowest BCUT2D eigenvalue weighted by molar-refractivity contribution is -0.111. The number of aliphatic imine (C=N–C) groups is 1. The van der Waals surface area contributed by atoms with Gasteiger partial charge in [-0.2, -0.15) is 0 Å². The number of hydrogen-bond acceptors (Lipinski definition) is 2. The topological polar surface area (TPSA) is 29.4 Å². The van der Waals surface area contributed by atoms with Gasteiger partial charge in [0.05, 0.1) is 6.04 Å². The van der Waals surface area contributed by atoms with Gasteiger partial charge in [-0.25, -0.2) is 0 Å². The van der Waals surface area contributed by atoms with E-state index in [1.165, 1.54) is 37.7 Å². The molecule has 3 fully saturated rings. The Morgan fingerprint density at radius 1 is 1.13 bits per heavy atom.